The van der Waals surface area contributed by atoms with Crippen molar-refractivity contribution in [2.75, 3.05) is 4.90 Å². The Morgan fingerprint density at radius 2 is 0.718 bits per heavy atom. The van der Waals surface area contributed by atoms with Crippen LogP contribution in [0.15, 0.2) is 249 Å². The lowest BCUT2D eigenvalue weighted by molar-refractivity contribution is 0.433. The van der Waals surface area contributed by atoms with Crippen LogP contribution in [-0.4, -0.2) is 0 Å². The summed E-state index contributed by atoms with van der Waals surface area (Å²) in [4.78, 5) is 2.59. The van der Waals surface area contributed by atoms with Gasteiger partial charge < -0.3 is 9.64 Å². The van der Waals surface area contributed by atoms with E-state index in [1.807, 2.05) is 0 Å². The molecular weight excluding hydrogens is 943 g/mol. The molecule has 78 heavy (non-hydrogen) atoms. The molecule has 0 amide bonds. The van der Waals surface area contributed by atoms with Crippen molar-refractivity contribution in [3.63, 3.8) is 0 Å². The van der Waals surface area contributed by atoms with E-state index in [0.717, 1.165) is 39.7 Å². The van der Waals surface area contributed by atoms with Crippen molar-refractivity contribution in [1.82, 2.24) is 0 Å². The molecule has 0 unspecified atom stereocenters. The first-order valence-electron chi connectivity index (χ1n) is 27.7. The molecular formula is C76H59NO. The van der Waals surface area contributed by atoms with Gasteiger partial charge in [-0.25, -0.2) is 0 Å². The number of nitrogens with zero attached hydrogens (tertiary/aromatic N) is 1. The molecule has 0 fully saturated rings. The summed E-state index contributed by atoms with van der Waals surface area (Å²) in [6, 6.07) is 93.9. The molecule has 3 aliphatic carbocycles. The third-order valence-corrected chi connectivity index (χ3v) is 17.7. The van der Waals surface area contributed by atoms with Crippen molar-refractivity contribution in [1.29, 1.82) is 0 Å². The standard InChI is InChI=1S/C76H59NO/c1-73(2,3)51-39-43-70-66(45-51)76(67-46-52(74(4,5)6)40-44-71(67)78-70)63-31-18-13-27-59(63)72-64(76)32-20-34-69(72)77(68-33-19-14-23-54(68)50-37-35-49(36-38-50)48-21-8-7-9-22-48)53-41-42-58-57-26-12-17-30-62(57)75(65(58)47-53)60-28-15-10-24-55(60)56-25-11-16-29-61(56)75/h7-47H,1-6H3. The van der Waals surface area contributed by atoms with Gasteiger partial charge in [0, 0.05) is 27.9 Å². The molecule has 0 atom stereocenters. The van der Waals surface area contributed by atoms with Crippen LogP contribution in [0.25, 0.3) is 55.6 Å². The Balaban J connectivity index is 1.04. The number of ether oxygens (including phenoxy) is 1. The number of rotatable bonds is 5. The molecule has 2 spiro atoms. The molecule has 2 nitrogen and oxygen atoms in total. The second kappa shape index (κ2) is 16.8. The highest BCUT2D eigenvalue weighted by atomic mass is 16.5. The van der Waals surface area contributed by atoms with E-state index in [1.54, 1.807) is 0 Å². The maximum Gasteiger partial charge on any atom is 0.132 e. The summed E-state index contributed by atoms with van der Waals surface area (Å²) in [6.07, 6.45) is 0. The second-order valence-corrected chi connectivity index (χ2v) is 23.9. The van der Waals surface area contributed by atoms with Gasteiger partial charge in [0.15, 0.2) is 0 Å². The van der Waals surface area contributed by atoms with E-state index >= 15 is 0 Å². The largest absolute Gasteiger partial charge is 0.457 e. The van der Waals surface area contributed by atoms with E-state index in [0.29, 0.717) is 0 Å². The number of hydrogen-bond donors (Lipinski definition) is 0. The van der Waals surface area contributed by atoms with E-state index in [1.165, 1.54) is 100 Å². The number of para-hydroxylation sites is 1. The Hall–Kier alpha value is -8.98. The Bertz CT molecular complexity index is 4130. The Labute approximate surface area is 459 Å². The van der Waals surface area contributed by atoms with E-state index in [4.69, 9.17) is 4.74 Å². The molecule has 0 saturated heterocycles. The van der Waals surface area contributed by atoms with Gasteiger partial charge in [-0.05, 0) is 148 Å². The molecule has 0 aromatic heterocycles. The third kappa shape index (κ3) is 6.44. The predicted octanol–water partition coefficient (Wildman–Crippen LogP) is 19.9. The lowest BCUT2D eigenvalue weighted by Crippen LogP contribution is -2.33. The summed E-state index contributed by atoms with van der Waals surface area (Å²) in [7, 11) is 0. The van der Waals surface area contributed by atoms with Crippen molar-refractivity contribution in [3.05, 3.63) is 304 Å². The molecule has 1 heterocycles. The van der Waals surface area contributed by atoms with E-state index in [2.05, 4.69) is 295 Å². The highest BCUT2D eigenvalue weighted by Crippen LogP contribution is 2.67. The number of anilines is 3. The maximum absolute atomic E-state index is 7.10. The van der Waals surface area contributed by atoms with Crippen LogP contribution >= 0.6 is 0 Å². The fourth-order valence-corrected chi connectivity index (χ4v) is 14.1. The molecule has 2 heteroatoms. The van der Waals surface area contributed by atoms with Crippen molar-refractivity contribution >= 4 is 17.1 Å². The molecule has 1 aliphatic heterocycles. The fourth-order valence-electron chi connectivity index (χ4n) is 14.1. The average Bonchev–Trinajstić information content (AvgIpc) is 4.28. The Morgan fingerprint density at radius 1 is 0.295 bits per heavy atom. The van der Waals surface area contributed by atoms with Crippen LogP contribution in [0.4, 0.5) is 17.1 Å². The molecule has 4 aliphatic rings. The van der Waals surface area contributed by atoms with Gasteiger partial charge in [0.1, 0.15) is 11.5 Å². The van der Waals surface area contributed by atoms with E-state index < -0.39 is 10.8 Å². The number of benzene rings is 11. The van der Waals surface area contributed by atoms with E-state index in [9.17, 15) is 0 Å². The summed E-state index contributed by atoms with van der Waals surface area (Å²) in [5.41, 5.74) is 26.9. The van der Waals surface area contributed by atoms with Gasteiger partial charge in [-0.2, -0.15) is 0 Å². The topological polar surface area (TPSA) is 12.5 Å². The zero-order chi connectivity index (χ0) is 52.7. The minimum Gasteiger partial charge on any atom is -0.457 e. The lowest BCUT2D eigenvalue weighted by atomic mass is 9.64. The Morgan fingerprint density at radius 3 is 1.28 bits per heavy atom. The van der Waals surface area contributed by atoms with Gasteiger partial charge in [-0.15, -0.1) is 0 Å². The van der Waals surface area contributed by atoms with Gasteiger partial charge in [-0.3, -0.25) is 0 Å². The predicted molar refractivity (Wildman–Crippen MR) is 323 cm³/mol. The summed E-state index contributed by atoms with van der Waals surface area (Å²) >= 11 is 0. The van der Waals surface area contributed by atoms with Crippen LogP contribution in [0.5, 0.6) is 11.5 Å². The summed E-state index contributed by atoms with van der Waals surface area (Å²) in [6.45, 7) is 13.9. The minimum absolute atomic E-state index is 0.0999. The molecule has 15 rings (SSSR count). The van der Waals surface area contributed by atoms with Crippen molar-refractivity contribution in [2.24, 2.45) is 0 Å². The Kier molecular flexibility index (Phi) is 9.95. The molecule has 11 aromatic rings. The first-order chi connectivity index (χ1) is 38.0. The third-order valence-electron chi connectivity index (χ3n) is 17.7. The van der Waals surface area contributed by atoms with Crippen LogP contribution in [0.2, 0.25) is 0 Å². The number of hydrogen-bond acceptors (Lipinski definition) is 2. The van der Waals surface area contributed by atoms with Gasteiger partial charge >= 0.3 is 0 Å². The molecule has 0 saturated carbocycles. The van der Waals surface area contributed by atoms with Gasteiger partial charge in [0.2, 0.25) is 0 Å². The number of fused-ring (bicyclic) bond motifs is 19. The smallest absolute Gasteiger partial charge is 0.132 e. The average molecular weight is 1000 g/mol. The summed E-state index contributed by atoms with van der Waals surface area (Å²) < 4.78 is 7.10. The first-order valence-corrected chi connectivity index (χ1v) is 27.7. The summed E-state index contributed by atoms with van der Waals surface area (Å²) in [5, 5.41) is 0. The van der Waals surface area contributed by atoms with Crippen LogP contribution in [0, 0.1) is 0 Å². The first kappa shape index (κ1) is 46.3. The van der Waals surface area contributed by atoms with Gasteiger partial charge in [0.05, 0.1) is 22.2 Å². The van der Waals surface area contributed by atoms with Crippen LogP contribution < -0.4 is 9.64 Å². The van der Waals surface area contributed by atoms with Crippen molar-refractivity contribution in [3.8, 4) is 67.1 Å². The SMILES string of the molecule is CC(C)(C)c1ccc2c(c1)C1(c3cc(C(C)(C)C)ccc3O2)c2ccccc2-c2c(N(c3ccc4c(c3)C3(c5ccccc5-c5ccccc53)c3ccccc3-4)c3ccccc3-c3ccc(-c4ccccc4)cc3)cccc21. The monoisotopic (exact) mass is 1000 g/mol. The van der Waals surface area contributed by atoms with E-state index in [-0.39, 0.29) is 10.8 Å². The molecule has 0 bridgehead atoms. The van der Waals surface area contributed by atoms with Gasteiger partial charge in [-0.1, -0.05) is 242 Å². The fraction of sp³-hybridized carbons (Fsp3) is 0.132. The maximum atomic E-state index is 7.10. The quantitative estimate of drug-likeness (QED) is 0.170. The van der Waals surface area contributed by atoms with Crippen molar-refractivity contribution < 1.29 is 4.74 Å². The zero-order valence-electron chi connectivity index (χ0n) is 45.0. The highest BCUT2D eigenvalue weighted by molar-refractivity contribution is 6.02. The van der Waals surface area contributed by atoms with Crippen molar-refractivity contribution in [2.45, 2.75) is 63.2 Å². The van der Waals surface area contributed by atoms with Crippen LogP contribution in [0.1, 0.15) is 97.2 Å². The second-order valence-electron chi connectivity index (χ2n) is 23.9. The zero-order valence-corrected chi connectivity index (χ0v) is 45.0. The lowest BCUT2D eigenvalue weighted by Gasteiger charge is -2.41. The van der Waals surface area contributed by atoms with Crippen LogP contribution in [-0.2, 0) is 21.7 Å². The molecule has 0 radical (unpaired) electrons. The van der Waals surface area contributed by atoms with Crippen LogP contribution in [0.3, 0.4) is 0 Å². The normalized spacial score (nSPS) is 14.3. The highest BCUT2D eigenvalue weighted by Gasteiger charge is 2.54. The molecule has 374 valence electrons. The summed E-state index contributed by atoms with van der Waals surface area (Å²) in [5.74, 6) is 1.79. The minimum atomic E-state index is -0.702. The van der Waals surface area contributed by atoms with Gasteiger partial charge in [0.25, 0.3) is 0 Å². The molecule has 11 aromatic carbocycles. The molecule has 0 N–H and O–H groups in total.